The van der Waals surface area contributed by atoms with Gasteiger partial charge in [-0.25, -0.2) is 4.98 Å². The molecule has 0 unspecified atom stereocenters. The van der Waals surface area contributed by atoms with Crippen molar-refractivity contribution < 1.29 is 0 Å². The van der Waals surface area contributed by atoms with E-state index in [-0.39, 0.29) is 0 Å². The molecule has 1 aromatic heterocycles. The van der Waals surface area contributed by atoms with E-state index in [1.807, 2.05) is 6.20 Å². The van der Waals surface area contributed by atoms with Crippen LogP contribution < -0.4 is 5.32 Å². The van der Waals surface area contributed by atoms with Gasteiger partial charge in [-0.1, -0.05) is 37.3 Å². The highest BCUT2D eigenvalue weighted by Gasteiger charge is 2.01. The number of aryl methyl sites for hydroxylation is 1. The molecule has 0 fully saturated rings. The Labute approximate surface area is 126 Å². The van der Waals surface area contributed by atoms with E-state index in [1.54, 1.807) is 11.8 Å². The molecule has 20 heavy (non-hydrogen) atoms. The first-order valence-corrected chi connectivity index (χ1v) is 8.11. The SMILES string of the molecule is CCCNCc1ccc(SCc2ccccc2C)nc1. The number of nitrogens with zero attached hydrogens (tertiary/aromatic N) is 1. The summed E-state index contributed by atoms with van der Waals surface area (Å²) in [6, 6.07) is 12.8. The van der Waals surface area contributed by atoms with E-state index in [0.29, 0.717) is 0 Å². The second-order valence-corrected chi connectivity index (χ2v) is 5.89. The molecule has 0 saturated carbocycles. The first kappa shape index (κ1) is 15.1. The summed E-state index contributed by atoms with van der Waals surface area (Å²) in [6.07, 6.45) is 3.14. The molecule has 2 rings (SSSR count). The average Bonchev–Trinajstić information content (AvgIpc) is 2.48. The van der Waals surface area contributed by atoms with Gasteiger partial charge in [0.1, 0.15) is 0 Å². The second-order valence-electron chi connectivity index (χ2n) is 4.90. The maximum absolute atomic E-state index is 4.53. The molecule has 2 nitrogen and oxygen atoms in total. The van der Waals surface area contributed by atoms with Crippen molar-refractivity contribution in [3.63, 3.8) is 0 Å². The molecule has 1 aromatic carbocycles. The Morgan fingerprint density at radius 2 is 2.00 bits per heavy atom. The van der Waals surface area contributed by atoms with Gasteiger partial charge in [0, 0.05) is 18.5 Å². The topological polar surface area (TPSA) is 24.9 Å². The van der Waals surface area contributed by atoms with Crippen molar-refractivity contribution in [3.8, 4) is 0 Å². The Morgan fingerprint density at radius 3 is 2.70 bits per heavy atom. The highest BCUT2D eigenvalue weighted by Crippen LogP contribution is 2.22. The minimum atomic E-state index is 0.906. The molecule has 0 radical (unpaired) electrons. The summed E-state index contributed by atoms with van der Waals surface area (Å²) in [5.41, 5.74) is 3.98. The summed E-state index contributed by atoms with van der Waals surface area (Å²) < 4.78 is 0. The van der Waals surface area contributed by atoms with Crippen LogP contribution in [0, 0.1) is 6.92 Å². The van der Waals surface area contributed by atoms with Gasteiger partial charge in [-0.3, -0.25) is 0 Å². The zero-order chi connectivity index (χ0) is 14.2. The van der Waals surface area contributed by atoms with Crippen LogP contribution in [0.4, 0.5) is 0 Å². The first-order chi connectivity index (χ1) is 9.79. The summed E-state index contributed by atoms with van der Waals surface area (Å²) in [4.78, 5) is 4.53. The number of thioether (sulfide) groups is 1. The number of pyridine rings is 1. The molecule has 0 aliphatic carbocycles. The van der Waals surface area contributed by atoms with Crippen molar-refractivity contribution in [2.45, 2.75) is 37.6 Å². The Morgan fingerprint density at radius 1 is 1.15 bits per heavy atom. The third kappa shape index (κ3) is 4.66. The molecule has 0 aliphatic rings. The number of hydrogen-bond donors (Lipinski definition) is 1. The fraction of sp³-hybridized carbons (Fsp3) is 0.353. The summed E-state index contributed by atoms with van der Waals surface area (Å²) in [6.45, 7) is 6.30. The molecular formula is C17H22N2S. The van der Waals surface area contributed by atoms with Crippen LogP contribution in [0.25, 0.3) is 0 Å². The zero-order valence-corrected chi connectivity index (χ0v) is 13.0. The molecular weight excluding hydrogens is 264 g/mol. The molecule has 1 heterocycles. The molecule has 0 bridgehead atoms. The maximum atomic E-state index is 4.53. The maximum Gasteiger partial charge on any atom is 0.0963 e. The van der Waals surface area contributed by atoms with Crippen molar-refractivity contribution in [2.75, 3.05) is 6.54 Å². The van der Waals surface area contributed by atoms with Gasteiger partial charge in [-0.05, 0) is 42.6 Å². The quantitative estimate of drug-likeness (QED) is 0.610. The smallest absolute Gasteiger partial charge is 0.0963 e. The van der Waals surface area contributed by atoms with Crippen LogP contribution in [-0.2, 0) is 12.3 Å². The van der Waals surface area contributed by atoms with E-state index < -0.39 is 0 Å². The molecule has 3 heteroatoms. The first-order valence-electron chi connectivity index (χ1n) is 7.12. The fourth-order valence-corrected chi connectivity index (χ4v) is 2.85. The van der Waals surface area contributed by atoms with E-state index >= 15 is 0 Å². The molecule has 0 atom stereocenters. The van der Waals surface area contributed by atoms with Crippen LogP contribution in [0.5, 0.6) is 0 Å². The van der Waals surface area contributed by atoms with Gasteiger partial charge in [-0.2, -0.15) is 0 Å². The zero-order valence-electron chi connectivity index (χ0n) is 12.2. The fourth-order valence-electron chi connectivity index (χ4n) is 1.93. The highest BCUT2D eigenvalue weighted by molar-refractivity contribution is 7.98. The van der Waals surface area contributed by atoms with Crippen LogP contribution >= 0.6 is 11.8 Å². The van der Waals surface area contributed by atoms with Gasteiger partial charge in [-0.15, -0.1) is 11.8 Å². The van der Waals surface area contributed by atoms with Crippen molar-refractivity contribution in [1.82, 2.24) is 10.3 Å². The Hall–Kier alpha value is -1.32. The average molecular weight is 286 g/mol. The molecule has 0 spiro atoms. The lowest BCUT2D eigenvalue weighted by atomic mass is 10.1. The van der Waals surface area contributed by atoms with E-state index in [2.05, 4.69) is 60.5 Å². The summed E-state index contributed by atoms with van der Waals surface area (Å²) in [5.74, 6) is 0.979. The predicted molar refractivity (Wildman–Crippen MR) is 87.0 cm³/mol. The monoisotopic (exact) mass is 286 g/mol. The van der Waals surface area contributed by atoms with Crippen LogP contribution in [-0.4, -0.2) is 11.5 Å². The minimum Gasteiger partial charge on any atom is -0.313 e. The Kier molecular flexibility index (Phi) is 6.09. The molecule has 0 aliphatic heterocycles. The van der Waals surface area contributed by atoms with Crippen LogP contribution in [0.3, 0.4) is 0 Å². The third-order valence-electron chi connectivity index (χ3n) is 3.19. The van der Waals surface area contributed by atoms with Crippen molar-refractivity contribution >= 4 is 11.8 Å². The number of benzene rings is 1. The summed E-state index contributed by atoms with van der Waals surface area (Å²) in [7, 11) is 0. The lowest BCUT2D eigenvalue weighted by Crippen LogP contribution is -2.13. The van der Waals surface area contributed by atoms with Crippen LogP contribution in [0.15, 0.2) is 47.6 Å². The van der Waals surface area contributed by atoms with Gasteiger partial charge >= 0.3 is 0 Å². The predicted octanol–water partition coefficient (Wildman–Crippen LogP) is 4.18. The largest absolute Gasteiger partial charge is 0.313 e. The Bertz CT molecular complexity index is 523. The molecule has 106 valence electrons. The standard InChI is InChI=1S/C17H22N2S/c1-3-10-18-11-15-8-9-17(19-12-15)20-13-16-7-5-4-6-14(16)2/h4-9,12,18H,3,10-11,13H2,1-2H3. The number of aromatic nitrogens is 1. The van der Waals surface area contributed by atoms with Crippen LogP contribution in [0.1, 0.15) is 30.0 Å². The lowest BCUT2D eigenvalue weighted by Gasteiger charge is -2.06. The van der Waals surface area contributed by atoms with Crippen molar-refractivity contribution in [3.05, 3.63) is 59.3 Å². The summed E-state index contributed by atoms with van der Waals surface area (Å²) in [5, 5.41) is 4.48. The van der Waals surface area contributed by atoms with Gasteiger partial charge < -0.3 is 5.32 Å². The van der Waals surface area contributed by atoms with Gasteiger partial charge in [0.2, 0.25) is 0 Å². The van der Waals surface area contributed by atoms with Gasteiger partial charge in [0.05, 0.1) is 5.03 Å². The Balaban J connectivity index is 1.86. The molecule has 1 N–H and O–H groups in total. The third-order valence-corrected chi connectivity index (χ3v) is 4.18. The van der Waals surface area contributed by atoms with Gasteiger partial charge in [0.15, 0.2) is 0 Å². The van der Waals surface area contributed by atoms with Crippen molar-refractivity contribution in [2.24, 2.45) is 0 Å². The summed E-state index contributed by atoms with van der Waals surface area (Å²) >= 11 is 1.79. The van der Waals surface area contributed by atoms with Crippen molar-refractivity contribution in [1.29, 1.82) is 0 Å². The van der Waals surface area contributed by atoms with E-state index in [9.17, 15) is 0 Å². The van der Waals surface area contributed by atoms with E-state index in [0.717, 1.165) is 30.3 Å². The molecule has 0 amide bonds. The number of nitrogens with one attached hydrogen (secondary N) is 1. The van der Waals surface area contributed by atoms with E-state index in [4.69, 9.17) is 0 Å². The number of hydrogen-bond acceptors (Lipinski definition) is 3. The number of rotatable bonds is 7. The van der Waals surface area contributed by atoms with Gasteiger partial charge in [0.25, 0.3) is 0 Å². The second kappa shape index (κ2) is 8.08. The molecule has 0 saturated heterocycles. The normalized spacial score (nSPS) is 10.7. The highest BCUT2D eigenvalue weighted by atomic mass is 32.2. The van der Waals surface area contributed by atoms with E-state index in [1.165, 1.54) is 16.7 Å². The lowest BCUT2D eigenvalue weighted by molar-refractivity contribution is 0.673. The molecule has 2 aromatic rings. The minimum absolute atomic E-state index is 0.906. The van der Waals surface area contributed by atoms with Crippen LogP contribution in [0.2, 0.25) is 0 Å².